The average molecular weight is 157 g/mol. The number of hydrogen-bond donors (Lipinski definition) is 1. The first-order valence-corrected chi connectivity index (χ1v) is 4.14. The third-order valence-corrected chi connectivity index (χ3v) is 1.97. The summed E-state index contributed by atoms with van der Waals surface area (Å²) in [4.78, 5) is 11.1. The van der Waals surface area contributed by atoms with Crippen molar-refractivity contribution in [1.29, 1.82) is 0 Å². The van der Waals surface area contributed by atoms with Gasteiger partial charge in [0.05, 0.1) is 12.5 Å². The molecule has 0 bridgehead atoms. The van der Waals surface area contributed by atoms with Crippen molar-refractivity contribution in [3.63, 3.8) is 0 Å². The molecule has 1 fully saturated rings. The summed E-state index contributed by atoms with van der Waals surface area (Å²) in [6.07, 6.45) is 0.916. The third-order valence-electron chi connectivity index (χ3n) is 1.97. The van der Waals surface area contributed by atoms with Gasteiger partial charge in [0.15, 0.2) is 0 Å². The summed E-state index contributed by atoms with van der Waals surface area (Å²) in [5.74, 6) is 0.0364. The number of ether oxygens (including phenoxy) is 1. The maximum atomic E-state index is 11.1. The van der Waals surface area contributed by atoms with E-state index < -0.39 is 0 Å². The highest BCUT2D eigenvalue weighted by Crippen LogP contribution is 2.14. The second-order valence-electron chi connectivity index (χ2n) is 2.99. The van der Waals surface area contributed by atoms with Crippen LogP contribution < -0.4 is 5.32 Å². The van der Waals surface area contributed by atoms with Gasteiger partial charge in [-0.1, -0.05) is 0 Å². The minimum Gasteiger partial charge on any atom is -0.466 e. The van der Waals surface area contributed by atoms with Crippen LogP contribution in [0.25, 0.3) is 0 Å². The molecule has 1 heterocycles. The van der Waals surface area contributed by atoms with Crippen molar-refractivity contribution in [1.82, 2.24) is 5.32 Å². The lowest BCUT2D eigenvalue weighted by atomic mass is 10.1. The molecular formula is C8H15NO2. The van der Waals surface area contributed by atoms with Crippen molar-refractivity contribution in [2.24, 2.45) is 5.92 Å². The van der Waals surface area contributed by atoms with Gasteiger partial charge in [-0.15, -0.1) is 0 Å². The molecule has 0 aromatic carbocycles. The highest BCUT2D eigenvalue weighted by molar-refractivity contribution is 5.73. The van der Waals surface area contributed by atoms with E-state index in [2.05, 4.69) is 12.2 Å². The molecule has 64 valence electrons. The summed E-state index contributed by atoms with van der Waals surface area (Å²) in [6, 6.07) is 0.462. The van der Waals surface area contributed by atoms with Gasteiger partial charge in [-0.25, -0.2) is 0 Å². The average Bonchev–Trinajstić information content (AvgIpc) is 2.36. The monoisotopic (exact) mass is 157 g/mol. The smallest absolute Gasteiger partial charge is 0.310 e. The van der Waals surface area contributed by atoms with E-state index in [9.17, 15) is 4.79 Å². The Labute approximate surface area is 67.1 Å². The fourth-order valence-corrected chi connectivity index (χ4v) is 1.38. The summed E-state index contributed by atoms with van der Waals surface area (Å²) < 4.78 is 4.90. The Kier molecular flexibility index (Phi) is 2.88. The summed E-state index contributed by atoms with van der Waals surface area (Å²) in [6.45, 7) is 5.19. The molecule has 1 aliphatic heterocycles. The van der Waals surface area contributed by atoms with Crippen molar-refractivity contribution in [3.05, 3.63) is 0 Å². The summed E-state index contributed by atoms with van der Waals surface area (Å²) in [5, 5.41) is 3.21. The molecule has 1 saturated heterocycles. The molecule has 11 heavy (non-hydrogen) atoms. The lowest BCUT2D eigenvalue weighted by molar-refractivity contribution is -0.147. The Bertz CT molecular complexity index is 147. The van der Waals surface area contributed by atoms with Crippen LogP contribution in [0.15, 0.2) is 0 Å². The Balaban J connectivity index is 2.31. The van der Waals surface area contributed by atoms with Crippen molar-refractivity contribution in [3.8, 4) is 0 Å². The van der Waals surface area contributed by atoms with E-state index in [0.717, 1.165) is 13.0 Å². The van der Waals surface area contributed by atoms with Crippen LogP contribution in [0.1, 0.15) is 20.3 Å². The molecule has 3 heteroatoms. The van der Waals surface area contributed by atoms with Gasteiger partial charge in [0, 0.05) is 12.6 Å². The van der Waals surface area contributed by atoms with E-state index in [1.54, 1.807) is 0 Å². The number of hydrogen-bond acceptors (Lipinski definition) is 3. The van der Waals surface area contributed by atoms with E-state index in [4.69, 9.17) is 4.74 Å². The molecule has 0 spiro atoms. The number of nitrogens with one attached hydrogen (secondary N) is 1. The largest absolute Gasteiger partial charge is 0.466 e. The van der Waals surface area contributed by atoms with Gasteiger partial charge in [0.1, 0.15) is 0 Å². The van der Waals surface area contributed by atoms with Crippen LogP contribution in [-0.2, 0) is 9.53 Å². The van der Waals surface area contributed by atoms with Gasteiger partial charge in [-0.2, -0.15) is 0 Å². The van der Waals surface area contributed by atoms with Crippen molar-refractivity contribution in [2.45, 2.75) is 26.3 Å². The van der Waals surface area contributed by atoms with E-state index in [-0.39, 0.29) is 11.9 Å². The zero-order valence-electron chi connectivity index (χ0n) is 7.09. The first kappa shape index (κ1) is 8.53. The zero-order valence-corrected chi connectivity index (χ0v) is 7.09. The Hall–Kier alpha value is -0.570. The highest BCUT2D eigenvalue weighted by atomic mass is 16.5. The van der Waals surface area contributed by atoms with Gasteiger partial charge in [-0.3, -0.25) is 4.79 Å². The Morgan fingerprint density at radius 2 is 2.45 bits per heavy atom. The fourth-order valence-electron chi connectivity index (χ4n) is 1.38. The molecule has 0 unspecified atom stereocenters. The van der Waals surface area contributed by atoms with E-state index in [0.29, 0.717) is 12.6 Å². The second-order valence-corrected chi connectivity index (χ2v) is 2.99. The van der Waals surface area contributed by atoms with Gasteiger partial charge in [-0.05, 0) is 20.3 Å². The molecule has 0 amide bonds. The fraction of sp³-hybridized carbons (Fsp3) is 0.875. The molecule has 0 aliphatic carbocycles. The van der Waals surface area contributed by atoms with Gasteiger partial charge in [0.2, 0.25) is 0 Å². The topological polar surface area (TPSA) is 38.3 Å². The Morgan fingerprint density at radius 1 is 1.73 bits per heavy atom. The van der Waals surface area contributed by atoms with Gasteiger partial charge >= 0.3 is 5.97 Å². The van der Waals surface area contributed by atoms with Crippen LogP contribution >= 0.6 is 0 Å². The van der Waals surface area contributed by atoms with Crippen molar-refractivity contribution in [2.75, 3.05) is 13.2 Å². The van der Waals surface area contributed by atoms with E-state index in [1.165, 1.54) is 0 Å². The van der Waals surface area contributed by atoms with Crippen molar-refractivity contribution >= 4 is 5.97 Å². The maximum Gasteiger partial charge on any atom is 0.310 e. The van der Waals surface area contributed by atoms with Crippen LogP contribution in [0.4, 0.5) is 0 Å². The minimum absolute atomic E-state index is 0.0515. The Morgan fingerprint density at radius 3 is 2.91 bits per heavy atom. The molecule has 1 aliphatic rings. The molecule has 0 aromatic rings. The lowest BCUT2D eigenvalue weighted by Crippen LogP contribution is -2.20. The molecule has 0 radical (unpaired) electrons. The molecule has 2 atom stereocenters. The second kappa shape index (κ2) is 3.72. The predicted octanol–water partition coefficient (Wildman–Crippen LogP) is 0.547. The molecule has 0 aromatic heterocycles. The molecule has 3 nitrogen and oxygen atoms in total. The normalized spacial score (nSPS) is 30.4. The highest BCUT2D eigenvalue weighted by Gasteiger charge is 2.27. The standard InChI is InChI=1S/C8H15NO2/c1-3-11-8(10)7-4-6(2)9-5-7/h6-7,9H,3-5H2,1-2H3/t6-,7-/m1/s1. The molecule has 1 N–H and O–H groups in total. The summed E-state index contributed by atoms with van der Waals surface area (Å²) in [5.41, 5.74) is 0. The summed E-state index contributed by atoms with van der Waals surface area (Å²) in [7, 11) is 0. The minimum atomic E-state index is -0.0515. The number of rotatable bonds is 2. The van der Waals surface area contributed by atoms with Gasteiger partial charge < -0.3 is 10.1 Å². The quantitative estimate of drug-likeness (QED) is 0.595. The molecular weight excluding hydrogens is 142 g/mol. The molecule has 1 rings (SSSR count). The number of carbonyl (C=O) groups is 1. The molecule has 0 saturated carbocycles. The van der Waals surface area contributed by atoms with Crippen LogP contribution in [0.5, 0.6) is 0 Å². The van der Waals surface area contributed by atoms with E-state index >= 15 is 0 Å². The number of carbonyl (C=O) groups excluding carboxylic acids is 1. The van der Waals surface area contributed by atoms with Crippen LogP contribution in [-0.4, -0.2) is 25.2 Å². The van der Waals surface area contributed by atoms with E-state index in [1.807, 2.05) is 6.92 Å². The SMILES string of the molecule is CCOC(=O)[C@H]1CN[C@H](C)C1. The predicted molar refractivity (Wildman–Crippen MR) is 42.2 cm³/mol. The van der Waals surface area contributed by atoms with Gasteiger partial charge in [0.25, 0.3) is 0 Å². The van der Waals surface area contributed by atoms with Crippen molar-refractivity contribution < 1.29 is 9.53 Å². The zero-order chi connectivity index (χ0) is 8.27. The number of esters is 1. The van der Waals surface area contributed by atoms with Crippen LogP contribution in [0.3, 0.4) is 0 Å². The third kappa shape index (κ3) is 2.19. The first-order valence-electron chi connectivity index (χ1n) is 4.14. The first-order chi connectivity index (χ1) is 5.24. The maximum absolute atomic E-state index is 11.1. The summed E-state index contributed by atoms with van der Waals surface area (Å²) >= 11 is 0. The lowest BCUT2D eigenvalue weighted by Gasteiger charge is -2.06. The van der Waals surface area contributed by atoms with Crippen LogP contribution in [0.2, 0.25) is 0 Å². The van der Waals surface area contributed by atoms with Crippen LogP contribution in [0, 0.1) is 5.92 Å².